The van der Waals surface area contributed by atoms with Crippen molar-refractivity contribution < 1.29 is 4.74 Å². The first kappa shape index (κ1) is 16.9. The molecule has 0 unspecified atom stereocenters. The SMILES string of the molecule is N#Cc1ccc(-c2csc(-c3cnccc3CN3CCOCC3)n2)cc1. The number of rotatable bonds is 4. The Morgan fingerprint density at radius 3 is 2.73 bits per heavy atom. The molecule has 0 N–H and O–H groups in total. The van der Waals surface area contributed by atoms with Gasteiger partial charge in [-0.25, -0.2) is 4.98 Å². The molecule has 0 aliphatic carbocycles. The van der Waals surface area contributed by atoms with Crippen molar-refractivity contribution in [3.8, 4) is 27.9 Å². The number of benzene rings is 1. The van der Waals surface area contributed by atoms with E-state index in [1.165, 1.54) is 5.56 Å². The van der Waals surface area contributed by atoms with Crippen LogP contribution < -0.4 is 0 Å². The fourth-order valence-electron chi connectivity index (χ4n) is 3.00. The number of thiazole rings is 1. The fraction of sp³-hybridized carbons (Fsp3) is 0.250. The van der Waals surface area contributed by atoms with Gasteiger partial charge in [-0.3, -0.25) is 9.88 Å². The van der Waals surface area contributed by atoms with E-state index in [0.717, 1.165) is 54.7 Å². The van der Waals surface area contributed by atoms with Gasteiger partial charge in [0.2, 0.25) is 0 Å². The number of pyridine rings is 1. The van der Waals surface area contributed by atoms with Crippen LogP contribution in [0.4, 0.5) is 0 Å². The lowest BCUT2D eigenvalue weighted by atomic mass is 10.1. The van der Waals surface area contributed by atoms with Crippen molar-refractivity contribution in [1.29, 1.82) is 5.26 Å². The van der Waals surface area contributed by atoms with E-state index in [4.69, 9.17) is 15.0 Å². The lowest BCUT2D eigenvalue weighted by Crippen LogP contribution is -2.35. The van der Waals surface area contributed by atoms with Crippen molar-refractivity contribution in [2.45, 2.75) is 6.54 Å². The van der Waals surface area contributed by atoms with Crippen molar-refractivity contribution in [2.75, 3.05) is 26.3 Å². The van der Waals surface area contributed by atoms with E-state index in [0.29, 0.717) is 5.56 Å². The van der Waals surface area contributed by atoms with Crippen molar-refractivity contribution in [1.82, 2.24) is 14.9 Å². The first-order valence-corrected chi connectivity index (χ1v) is 9.41. The first-order chi connectivity index (χ1) is 12.8. The van der Waals surface area contributed by atoms with Crippen LogP contribution >= 0.6 is 11.3 Å². The van der Waals surface area contributed by atoms with Crippen LogP contribution in [0.2, 0.25) is 0 Å². The molecule has 0 bridgehead atoms. The first-order valence-electron chi connectivity index (χ1n) is 8.53. The largest absolute Gasteiger partial charge is 0.379 e. The maximum atomic E-state index is 8.93. The van der Waals surface area contributed by atoms with Crippen LogP contribution in [-0.4, -0.2) is 41.2 Å². The van der Waals surface area contributed by atoms with Crippen molar-refractivity contribution in [2.24, 2.45) is 0 Å². The van der Waals surface area contributed by atoms with Gasteiger partial charge in [-0.05, 0) is 23.8 Å². The lowest BCUT2D eigenvalue weighted by molar-refractivity contribution is 0.0342. The smallest absolute Gasteiger partial charge is 0.125 e. The zero-order valence-electron chi connectivity index (χ0n) is 14.3. The third kappa shape index (κ3) is 3.65. The number of aromatic nitrogens is 2. The zero-order valence-corrected chi connectivity index (χ0v) is 15.1. The molecular weight excluding hydrogens is 344 g/mol. The summed E-state index contributed by atoms with van der Waals surface area (Å²) in [6, 6.07) is 11.7. The van der Waals surface area contributed by atoms with Gasteiger partial charge in [-0.1, -0.05) is 12.1 Å². The van der Waals surface area contributed by atoms with Gasteiger partial charge >= 0.3 is 0 Å². The minimum absolute atomic E-state index is 0.657. The highest BCUT2D eigenvalue weighted by Crippen LogP contribution is 2.31. The van der Waals surface area contributed by atoms with Crippen LogP contribution in [0.15, 0.2) is 48.1 Å². The summed E-state index contributed by atoms with van der Waals surface area (Å²) < 4.78 is 5.44. The Kier molecular flexibility index (Phi) is 5.02. The molecule has 0 spiro atoms. The number of nitriles is 1. The Balaban J connectivity index is 1.60. The molecule has 0 radical (unpaired) electrons. The lowest BCUT2D eigenvalue weighted by Gasteiger charge is -2.27. The Labute approximate surface area is 156 Å². The van der Waals surface area contributed by atoms with Crippen molar-refractivity contribution >= 4 is 11.3 Å². The molecule has 130 valence electrons. The molecule has 2 aromatic heterocycles. The van der Waals surface area contributed by atoms with E-state index >= 15 is 0 Å². The molecule has 0 saturated carbocycles. The maximum Gasteiger partial charge on any atom is 0.125 e. The van der Waals surface area contributed by atoms with Gasteiger partial charge in [0.1, 0.15) is 5.01 Å². The van der Waals surface area contributed by atoms with Crippen LogP contribution in [0.3, 0.4) is 0 Å². The number of ether oxygens (including phenoxy) is 1. The van der Waals surface area contributed by atoms with E-state index in [1.54, 1.807) is 11.3 Å². The summed E-state index contributed by atoms with van der Waals surface area (Å²) in [5.74, 6) is 0. The molecule has 1 aromatic carbocycles. The highest BCUT2D eigenvalue weighted by Gasteiger charge is 2.15. The standard InChI is InChI=1S/C20H18N4OS/c21-11-15-1-3-16(4-2-15)19-14-26-20(23-19)18-12-22-6-5-17(18)13-24-7-9-25-10-8-24/h1-6,12,14H,7-10,13H2. The maximum absolute atomic E-state index is 8.93. The molecule has 1 saturated heterocycles. The monoisotopic (exact) mass is 362 g/mol. The van der Waals surface area contributed by atoms with Gasteiger partial charge in [-0.2, -0.15) is 5.26 Å². The second-order valence-electron chi connectivity index (χ2n) is 6.15. The summed E-state index contributed by atoms with van der Waals surface area (Å²) in [6.45, 7) is 4.38. The van der Waals surface area contributed by atoms with Crippen LogP contribution in [0.25, 0.3) is 21.8 Å². The molecule has 6 heteroatoms. The topological polar surface area (TPSA) is 62.0 Å². The molecular formula is C20H18N4OS. The van der Waals surface area contributed by atoms with Gasteiger partial charge in [0, 0.05) is 48.5 Å². The van der Waals surface area contributed by atoms with Crippen LogP contribution in [0.1, 0.15) is 11.1 Å². The fourth-order valence-corrected chi connectivity index (χ4v) is 3.87. The molecule has 1 aliphatic heterocycles. The Hall–Kier alpha value is -2.59. The van der Waals surface area contributed by atoms with Gasteiger partial charge in [-0.15, -0.1) is 11.3 Å². The highest BCUT2D eigenvalue weighted by atomic mass is 32.1. The molecule has 1 fully saturated rings. The van der Waals surface area contributed by atoms with Crippen molar-refractivity contribution in [3.05, 3.63) is 59.2 Å². The minimum atomic E-state index is 0.657. The summed E-state index contributed by atoms with van der Waals surface area (Å²) in [4.78, 5) is 11.5. The molecule has 5 nitrogen and oxygen atoms in total. The van der Waals surface area contributed by atoms with E-state index in [-0.39, 0.29) is 0 Å². The number of nitrogens with zero attached hydrogens (tertiary/aromatic N) is 4. The molecule has 26 heavy (non-hydrogen) atoms. The second kappa shape index (κ2) is 7.75. The Morgan fingerprint density at radius 1 is 1.15 bits per heavy atom. The average Bonchev–Trinajstić information content (AvgIpc) is 3.19. The third-order valence-electron chi connectivity index (χ3n) is 4.45. The highest BCUT2D eigenvalue weighted by molar-refractivity contribution is 7.13. The van der Waals surface area contributed by atoms with Crippen LogP contribution in [0.5, 0.6) is 0 Å². The Morgan fingerprint density at radius 2 is 1.96 bits per heavy atom. The average molecular weight is 362 g/mol. The third-order valence-corrected chi connectivity index (χ3v) is 5.33. The van der Waals surface area contributed by atoms with Gasteiger partial charge in [0.25, 0.3) is 0 Å². The number of hydrogen-bond donors (Lipinski definition) is 0. The summed E-state index contributed by atoms with van der Waals surface area (Å²) in [6.07, 6.45) is 3.74. The summed E-state index contributed by atoms with van der Waals surface area (Å²) in [7, 11) is 0. The van der Waals surface area contributed by atoms with E-state index in [9.17, 15) is 0 Å². The summed E-state index contributed by atoms with van der Waals surface area (Å²) in [5, 5.41) is 12.0. The second-order valence-corrected chi connectivity index (χ2v) is 7.01. The van der Waals surface area contributed by atoms with Crippen LogP contribution in [0, 0.1) is 11.3 Å². The predicted molar refractivity (Wildman–Crippen MR) is 102 cm³/mol. The van der Waals surface area contributed by atoms with Crippen LogP contribution in [-0.2, 0) is 11.3 Å². The van der Waals surface area contributed by atoms with Crippen molar-refractivity contribution in [3.63, 3.8) is 0 Å². The molecule has 0 atom stereocenters. The quantitative estimate of drug-likeness (QED) is 0.710. The summed E-state index contributed by atoms with van der Waals surface area (Å²) in [5.41, 5.74) is 4.93. The van der Waals surface area contributed by atoms with Gasteiger partial charge < -0.3 is 4.74 Å². The minimum Gasteiger partial charge on any atom is -0.379 e. The zero-order chi connectivity index (χ0) is 17.8. The van der Waals surface area contributed by atoms with E-state index < -0.39 is 0 Å². The Bertz CT molecular complexity index is 923. The normalized spacial score (nSPS) is 14.9. The molecule has 0 amide bonds. The van der Waals surface area contributed by atoms with Gasteiger partial charge in [0.15, 0.2) is 0 Å². The molecule has 3 aromatic rings. The molecule has 1 aliphatic rings. The van der Waals surface area contributed by atoms with Gasteiger partial charge in [0.05, 0.1) is 30.5 Å². The van der Waals surface area contributed by atoms with E-state index in [2.05, 4.69) is 27.4 Å². The predicted octanol–water partition coefficient (Wildman–Crippen LogP) is 3.58. The number of morpholine rings is 1. The molecule has 3 heterocycles. The number of hydrogen-bond acceptors (Lipinski definition) is 6. The summed E-state index contributed by atoms with van der Waals surface area (Å²) >= 11 is 1.62. The molecule has 4 rings (SSSR count). The van der Waals surface area contributed by atoms with E-state index in [1.807, 2.05) is 36.7 Å².